The zero-order chi connectivity index (χ0) is 15.4. The fourth-order valence-corrected chi connectivity index (χ4v) is 3.09. The van der Waals surface area contributed by atoms with E-state index in [9.17, 15) is 4.79 Å². The van der Waals surface area contributed by atoms with Crippen LogP contribution < -0.4 is 5.73 Å². The molecule has 0 saturated heterocycles. The largest absolute Gasteiger partial charge is 0.392 e. The van der Waals surface area contributed by atoms with Crippen LogP contribution in [0, 0.1) is 0 Å². The predicted octanol–water partition coefficient (Wildman–Crippen LogP) is 2.14. The highest BCUT2D eigenvalue weighted by Crippen LogP contribution is 2.25. The Bertz CT molecular complexity index is 520. The van der Waals surface area contributed by atoms with Crippen LogP contribution in [0.4, 0.5) is 0 Å². The van der Waals surface area contributed by atoms with Crippen molar-refractivity contribution >= 4 is 23.1 Å². The zero-order valence-electron chi connectivity index (χ0n) is 12.8. The van der Waals surface area contributed by atoms with Gasteiger partial charge in [-0.1, -0.05) is 32.0 Å². The van der Waals surface area contributed by atoms with Gasteiger partial charge in [0.15, 0.2) is 0 Å². The molecule has 1 aliphatic rings. The molecule has 0 spiro atoms. The van der Waals surface area contributed by atoms with E-state index in [-0.39, 0.29) is 11.9 Å². The van der Waals surface area contributed by atoms with E-state index in [2.05, 4.69) is 5.10 Å². The maximum Gasteiger partial charge on any atom is 0.272 e. The lowest BCUT2D eigenvalue weighted by molar-refractivity contribution is 0.0702. The Morgan fingerprint density at radius 3 is 2.67 bits per heavy atom. The van der Waals surface area contributed by atoms with E-state index in [4.69, 9.17) is 18.0 Å². The van der Waals surface area contributed by atoms with Crippen LogP contribution in [0.2, 0.25) is 0 Å². The molecule has 1 amide bonds. The minimum atomic E-state index is 0.00347. The first kappa shape index (κ1) is 15.9. The molecule has 5 nitrogen and oxygen atoms in total. The summed E-state index contributed by atoms with van der Waals surface area (Å²) in [4.78, 5) is 15.1. The second kappa shape index (κ2) is 7.02. The van der Waals surface area contributed by atoms with Crippen molar-refractivity contribution in [3.8, 4) is 0 Å². The molecule has 1 saturated carbocycles. The maximum absolute atomic E-state index is 12.9. The second-order valence-electron chi connectivity index (χ2n) is 5.53. The molecule has 2 rings (SSSR count). The number of hydrogen-bond acceptors (Lipinski definition) is 3. The molecular weight excluding hydrogens is 284 g/mol. The smallest absolute Gasteiger partial charge is 0.272 e. The number of carbonyl (C=O) groups is 1. The minimum Gasteiger partial charge on any atom is -0.392 e. The van der Waals surface area contributed by atoms with Gasteiger partial charge in [-0.15, -0.1) is 0 Å². The van der Waals surface area contributed by atoms with Crippen molar-refractivity contribution in [3.63, 3.8) is 0 Å². The third kappa shape index (κ3) is 3.61. The van der Waals surface area contributed by atoms with Crippen LogP contribution in [-0.4, -0.2) is 38.2 Å². The zero-order valence-corrected chi connectivity index (χ0v) is 13.7. The number of hydrogen-bond donors (Lipinski definition) is 1. The Hall–Kier alpha value is -1.43. The Morgan fingerprint density at radius 2 is 2.14 bits per heavy atom. The highest BCUT2D eigenvalue weighted by Gasteiger charge is 2.29. The molecule has 0 radical (unpaired) electrons. The van der Waals surface area contributed by atoms with Crippen LogP contribution in [0.1, 0.15) is 55.7 Å². The van der Waals surface area contributed by atoms with Gasteiger partial charge in [0.2, 0.25) is 0 Å². The number of aromatic nitrogens is 2. The van der Waals surface area contributed by atoms with Crippen LogP contribution in [0.15, 0.2) is 6.07 Å². The molecular formula is C15H24N4OS. The Kier molecular flexibility index (Phi) is 5.33. The van der Waals surface area contributed by atoms with Crippen molar-refractivity contribution in [2.24, 2.45) is 5.73 Å². The lowest BCUT2D eigenvalue weighted by Gasteiger charge is -2.28. The van der Waals surface area contributed by atoms with E-state index >= 15 is 0 Å². The first-order valence-corrected chi connectivity index (χ1v) is 8.13. The van der Waals surface area contributed by atoms with Gasteiger partial charge in [-0.2, -0.15) is 5.10 Å². The van der Waals surface area contributed by atoms with Crippen molar-refractivity contribution < 1.29 is 4.79 Å². The number of carbonyl (C=O) groups excluding carboxylic acids is 1. The first-order valence-electron chi connectivity index (χ1n) is 7.72. The summed E-state index contributed by atoms with van der Waals surface area (Å²) in [5.74, 6) is 0.00347. The number of thiocarbonyl (C=S) groups is 1. The highest BCUT2D eigenvalue weighted by atomic mass is 32.1. The molecule has 21 heavy (non-hydrogen) atoms. The topological polar surface area (TPSA) is 64.2 Å². The first-order chi connectivity index (χ1) is 10.1. The average molecular weight is 308 g/mol. The number of aryl methyl sites for hydroxylation is 2. The molecule has 0 aromatic carbocycles. The van der Waals surface area contributed by atoms with Crippen molar-refractivity contribution in [2.75, 3.05) is 6.54 Å². The van der Waals surface area contributed by atoms with E-state index in [1.165, 1.54) is 12.8 Å². The summed E-state index contributed by atoms with van der Waals surface area (Å²) in [7, 11) is 0. The average Bonchev–Trinajstić information content (AvgIpc) is 3.12. The van der Waals surface area contributed by atoms with Gasteiger partial charge in [0.1, 0.15) is 5.69 Å². The summed E-state index contributed by atoms with van der Waals surface area (Å²) in [5.41, 5.74) is 7.29. The van der Waals surface area contributed by atoms with Gasteiger partial charge in [0.05, 0.1) is 17.2 Å². The lowest BCUT2D eigenvalue weighted by Crippen LogP contribution is -2.44. The maximum atomic E-state index is 12.9. The number of rotatable bonds is 6. The van der Waals surface area contributed by atoms with Crippen molar-refractivity contribution in [2.45, 2.75) is 58.5 Å². The van der Waals surface area contributed by atoms with E-state index in [1.54, 1.807) is 4.68 Å². The molecule has 0 bridgehead atoms. The van der Waals surface area contributed by atoms with Crippen LogP contribution >= 0.6 is 12.2 Å². The number of amides is 1. The molecule has 1 aromatic heterocycles. The highest BCUT2D eigenvalue weighted by molar-refractivity contribution is 7.80. The molecule has 1 aromatic rings. The van der Waals surface area contributed by atoms with Gasteiger partial charge in [-0.25, -0.2) is 0 Å². The summed E-state index contributed by atoms with van der Waals surface area (Å²) < 4.78 is 1.78. The Labute approximate surface area is 131 Å². The van der Waals surface area contributed by atoms with E-state index in [0.717, 1.165) is 25.0 Å². The number of nitrogens with two attached hydrogens (primary N) is 1. The fourth-order valence-electron chi connectivity index (χ4n) is 2.95. The van der Waals surface area contributed by atoms with E-state index in [1.807, 2.05) is 24.8 Å². The van der Waals surface area contributed by atoms with Crippen molar-refractivity contribution in [1.82, 2.24) is 14.7 Å². The van der Waals surface area contributed by atoms with E-state index < -0.39 is 0 Å². The van der Waals surface area contributed by atoms with Gasteiger partial charge in [0, 0.05) is 12.6 Å². The van der Waals surface area contributed by atoms with E-state index in [0.29, 0.717) is 23.8 Å². The lowest BCUT2D eigenvalue weighted by atomic mass is 10.2. The van der Waals surface area contributed by atoms with Crippen LogP contribution in [0.25, 0.3) is 0 Å². The van der Waals surface area contributed by atoms with Crippen LogP contribution in [-0.2, 0) is 13.0 Å². The third-order valence-corrected chi connectivity index (χ3v) is 4.19. The fraction of sp³-hybridized carbons (Fsp3) is 0.667. The summed E-state index contributed by atoms with van der Waals surface area (Å²) in [6.45, 7) is 5.08. The number of nitrogens with zero attached hydrogens (tertiary/aromatic N) is 3. The summed E-state index contributed by atoms with van der Waals surface area (Å²) in [6, 6.07) is 2.15. The normalized spacial score (nSPS) is 15.3. The second-order valence-corrected chi connectivity index (χ2v) is 6.05. The molecule has 116 valence electrons. The van der Waals surface area contributed by atoms with Crippen LogP contribution in [0.5, 0.6) is 0 Å². The molecule has 1 heterocycles. The molecule has 2 N–H and O–H groups in total. The van der Waals surface area contributed by atoms with Gasteiger partial charge >= 0.3 is 0 Å². The summed E-state index contributed by atoms with van der Waals surface area (Å²) in [6.07, 6.45) is 5.23. The van der Waals surface area contributed by atoms with Gasteiger partial charge in [-0.05, 0) is 32.3 Å². The molecule has 0 aliphatic heterocycles. The predicted molar refractivity (Wildman–Crippen MR) is 87.4 cm³/mol. The minimum absolute atomic E-state index is 0.00347. The molecule has 1 aliphatic carbocycles. The quantitative estimate of drug-likeness (QED) is 0.818. The molecule has 0 atom stereocenters. The summed E-state index contributed by atoms with van der Waals surface area (Å²) in [5, 5.41) is 4.46. The Morgan fingerprint density at radius 1 is 1.48 bits per heavy atom. The van der Waals surface area contributed by atoms with Crippen molar-refractivity contribution in [1.29, 1.82) is 0 Å². The molecule has 1 fully saturated rings. The van der Waals surface area contributed by atoms with Crippen molar-refractivity contribution in [3.05, 3.63) is 17.5 Å². The standard InChI is InChI=1S/C15H24N4OS/c1-3-11-9-13(19(4-2)17-11)15(20)18(10-14(16)21)12-7-5-6-8-12/h9,12H,3-8,10H2,1-2H3,(H2,16,21). The van der Waals surface area contributed by atoms with Gasteiger partial charge in [0.25, 0.3) is 5.91 Å². The SMILES string of the molecule is CCc1cc(C(=O)N(CC(N)=S)C2CCCC2)n(CC)n1. The molecule has 0 unspecified atom stereocenters. The summed E-state index contributed by atoms with van der Waals surface area (Å²) >= 11 is 5.03. The monoisotopic (exact) mass is 308 g/mol. The van der Waals surface area contributed by atoms with Gasteiger partial charge in [-0.3, -0.25) is 9.48 Å². The van der Waals surface area contributed by atoms with Crippen LogP contribution in [0.3, 0.4) is 0 Å². The molecule has 6 heteroatoms. The van der Waals surface area contributed by atoms with Gasteiger partial charge < -0.3 is 10.6 Å². The third-order valence-electron chi connectivity index (χ3n) is 4.06. The Balaban J connectivity index is 2.28.